The predicted molar refractivity (Wildman–Crippen MR) is 109 cm³/mol. The Labute approximate surface area is 171 Å². The Morgan fingerprint density at radius 1 is 0.828 bits per heavy atom. The van der Waals surface area contributed by atoms with Gasteiger partial charge in [-0.05, 0) is 18.2 Å². The van der Waals surface area contributed by atoms with Gasteiger partial charge in [-0.25, -0.2) is 0 Å². The molecule has 1 aliphatic heterocycles. The zero-order chi connectivity index (χ0) is 20.8. The fourth-order valence-electron chi connectivity index (χ4n) is 3.72. The number of hydrogen-bond donors (Lipinski definition) is 0. The highest BCUT2D eigenvalue weighted by Crippen LogP contribution is 2.40. The number of nitriles is 2. The minimum atomic E-state index is 0.541. The van der Waals surface area contributed by atoms with Crippen LogP contribution in [-0.4, -0.2) is 52.4 Å². The lowest BCUT2D eigenvalue weighted by atomic mass is 10.1. The van der Waals surface area contributed by atoms with Crippen molar-refractivity contribution in [1.82, 2.24) is 4.90 Å². The van der Waals surface area contributed by atoms with E-state index >= 15 is 0 Å². The number of anilines is 1. The molecule has 1 saturated heterocycles. The molecule has 2 aromatic rings. The minimum Gasteiger partial charge on any atom is -0.493 e. The summed E-state index contributed by atoms with van der Waals surface area (Å²) in [5.41, 5.74) is 2.84. The van der Waals surface area contributed by atoms with E-state index in [9.17, 15) is 10.5 Å². The van der Waals surface area contributed by atoms with E-state index in [1.165, 1.54) is 0 Å². The van der Waals surface area contributed by atoms with E-state index in [2.05, 4.69) is 21.9 Å². The van der Waals surface area contributed by atoms with Crippen LogP contribution in [0, 0.1) is 22.7 Å². The second-order valence-corrected chi connectivity index (χ2v) is 6.68. The van der Waals surface area contributed by atoms with E-state index in [-0.39, 0.29) is 0 Å². The molecule has 0 bridgehead atoms. The fraction of sp³-hybridized carbons (Fsp3) is 0.364. The molecule has 0 aromatic heterocycles. The van der Waals surface area contributed by atoms with Crippen molar-refractivity contribution in [2.75, 3.05) is 52.4 Å². The molecule has 0 aliphatic carbocycles. The van der Waals surface area contributed by atoms with Crippen LogP contribution < -0.4 is 19.1 Å². The van der Waals surface area contributed by atoms with Crippen molar-refractivity contribution in [3.63, 3.8) is 0 Å². The number of rotatable bonds is 6. The summed E-state index contributed by atoms with van der Waals surface area (Å²) in [5, 5.41) is 18.9. The second kappa shape index (κ2) is 9.18. The highest BCUT2D eigenvalue weighted by molar-refractivity contribution is 5.68. The molecule has 0 radical (unpaired) electrons. The summed E-state index contributed by atoms with van der Waals surface area (Å²) in [6.45, 7) is 3.80. The third-order valence-corrected chi connectivity index (χ3v) is 5.15. The minimum absolute atomic E-state index is 0.541. The molecule has 29 heavy (non-hydrogen) atoms. The zero-order valence-electron chi connectivity index (χ0n) is 16.9. The molecule has 0 N–H and O–H groups in total. The molecule has 1 fully saturated rings. The molecule has 0 amide bonds. The van der Waals surface area contributed by atoms with Gasteiger partial charge < -0.3 is 19.1 Å². The molecule has 0 saturated carbocycles. The number of piperazine rings is 1. The summed E-state index contributed by atoms with van der Waals surface area (Å²) < 4.78 is 16.4. The highest BCUT2D eigenvalue weighted by atomic mass is 16.5. The van der Waals surface area contributed by atoms with Gasteiger partial charge in [0.1, 0.15) is 12.1 Å². The van der Waals surface area contributed by atoms with Gasteiger partial charge in [-0.2, -0.15) is 10.5 Å². The van der Waals surface area contributed by atoms with Crippen LogP contribution in [0.3, 0.4) is 0 Å². The Hall–Kier alpha value is -3.42. The van der Waals surface area contributed by atoms with Gasteiger partial charge in [0, 0.05) is 38.3 Å². The maximum Gasteiger partial charge on any atom is 0.203 e. The maximum absolute atomic E-state index is 9.43. The molecule has 2 aromatic carbocycles. The Kier molecular flexibility index (Phi) is 6.43. The van der Waals surface area contributed by atoms with E-state index in [0.29, 0.717) is 34.9 Å². The van der Waals surface area contributed by atoms with E-state index in [4.69, 9.17) is 14.2 Å². The van der Waals surface area contributed by atoms with Crippen molar-refractivity contribution in [2.24, 2.45) is 0 Å². The number of methoxy groups -OCH3 is 3. The molecule has 0 unspecified atom stereocenters. The number of para-hydroxylation sites is 1. The van der Waals surface area contributed by atoms with Crippen LogP contribution in [-0.2, 0) is 6.54 Å². The maximum atomic E-state index is 9.43. The summed E-state index contributed by atoms with van der Waals surface area (Å²) in [7, 11) is 4.83. The summed E-state index contributed by atoms with van der Waals surface area (Å²) >= 11 is 0. The van der Waals surface area contributed by atoms with Gasteiger partial charge in [-0.15, -0.1) is 0 Å². The van der Waals surface area contributed by atoms with Crippen molar-refractivity contribution >= 4 is 5.69 Å². The Morgan fingerprint density at radius 2 is 1.45 bits per heavy atom. The highest BCUT2D eigenvalue weighted by Gasteiger charge is 2.24. The van der Waals surface area contributed by atoms with E-state index in [0.717, 1.165) is 37.4 Å². The lowest BCUT2D eigenvalue weighted by Gasteiger charge is -2.37. The molecular formula is C22H24N4O3. The van der Waals surface area contributed by atoms with E-state index in [1.54, 1.807) is 39.5 Å². The van der Waals surface area contributed by atoms with Crippen LogP contribution in [0.1, 0.15) is 16.7 Å². The normalized spacial score (nSPS) is 14.0. The van der Waals surface area contributed by atoms with Crippen LogP contribution in [0.25, 0.3) is 0 Å². The molecule has 3 rings (SSSR count). The van der Waals surface area contributed by atoms with Crippen molar-refractivity contribution in [2.45, 2.75) is 6.54 Å². The van der Waals surface area contributed by atoms with Gasteiger partial charge in [0.05, 0.1) is 38.1 Å². The van der Waals surface area contributed by atoms with Crippen molar-refractivity contribution in [3.8, 4) is 29.4 Å². The molecule has 0 spiro atoms. The first-order valence-corrected chi connectivity index (χ1v) is 9.35. The van der Waals surface area contributed by atoms with E-state index < -0.39 is 0 Å². The Bertz CT molecular complexity index is 922. The smallest absolute Gasteiger partial charge is 0.203 e. The number of nitrogens with zero attached hydrogens (tertiary/aromatic N) is 4. The van der Waals surface area contributed by atoms with Crippen molar-refractivity contribution < 1.29 is 14.2 Å². The lowest BCUT2D eigenvalue weighted by molar-refractivity contribution is 0.243. The fourth-order valence-corrected chi connectivity index (χ4v) is 3.72. The van der Waals surface area contributed by atoms with Crippen LogP contribution in [0.5, 0.6) is 17.2 Å². The largest absolute Gasteiger partial charge is 0.493 e. The van der Waals surface area contributed by atoms with Crippen LogP contribution in [0.2, 0.25) is 0 Å². The number of benzene rings is 2. The van der Waals surface area contributed by atoms with Gasteiger partial charge in [0.15, 0.2) is 11.5 Å². The van der Waals surface area contributed by atoms with Gasteiger partial charge in [0.2, 0.25) is 5.75 Å². The molecule has 7 heteroatoms. The number of ether oxygens (including phenoxy) is 3. The quantitative estimate of drug-likeness (QED) is 0.748. The van der Waals surface area contributed by atoms with Gasteiger partial charge >= 0.3 is 0 Å². The molecule has 1 heterocycles. The predicted octanol–water partition coefficient (Wildman–Crippen LogP) is 2.78. The molecule has 7 nitrogen and oxygen atoms in total. The van der Waals surface area contributed by atoms with Gasteiger partial charge in [0.25, 0.3) is 0 Å². The Morgan fingerprint density at radius 3 is 1.97 bits per heavy atom. The summed E-state index contributed by atoms with van der Waals surface area (Å²) in [6.07, 6.45) is 0. The van der Waals surface area contributed by atoms with Crippen LogP contribution in [0.4, 0.5) is 5.69 Å². The standard InChI is InChI=1S/C22H24N4O3/c1-27-19-8-7-18(21(28-2)22(19)29-3)15-25-9-11-26(12-10-25)20-16(13-23)5-4-6-17(20)14-24/h4-8H,9-12,15H2,1-3H3. The summed E-state index contributed by atoms with van der Waals surface area (Å²) in [5.74, 6) is 1.90. The zero-order valence-corrected chi connectivity index (χ0v) is 16.9. The number of hydrogen-bond acceptors (Lipinski definition) is 7. The lowest BCUT2D eigenvalue weighted by Crippen LogP contribution is -2.46. The average molecular weight is 392 g/mol. The third-order valence-electron chi connectivity index (χ3n) is 5.15. The van der Waals surface area contributed by atoms with Crippen LogP contribution >= 0.6 is 0 Å². The Balaban J connectivity index is 1.75. The van der Waals surface area contributed by atoms with E-state index in [1.807, 2.05) is 12.1 Å². The molecule has 150 valence electrons. The van der Waals surface area contributed by atoms with Gasteiger partial charge in [-0.3, -0.25) is 4.90 Å². The first kappa shape index (κ1) is 20.3. The summed E-state index contributed by atoms with van der Waals surface area (Å²) in [6, 6.07) is 13.6. The first-order valence-electron chi connectivity index (χ1n) is 9.35. The summed E-state index contributed by atoms with van der Waals surface area (Å²) in [4.78, 5) is 4.45. The van der Waals surface area contributed by atoms with Crippen LogP contribution in [0.15, 0.2) is 30.3 Å². The second-order valence-electron chi connectivity index (χ2n) is 6.68. The third kappa shape index (κ3) is 4.06. The van der Waals surface area contributed by atoms with Gasteiger partial charge in [-0.1, -0.05) is 12.1 Å². The molecule has 1 aliphatic rings. The molecular weight excluding hydrogens is 368 g/mol. The topological polar surface area (TPSA) is 81.8 Å². The average Bonchev–Trinajstić information content (AvgIpc) is 2.78. The van der Waals surface area contributed by atoms with Crippen molar-refractivity contribution in [1.29, 1.82) is 10.5 Å². The SMILES string of the molecule is COc1ccc(CN2CCN(c3c(C#N)cccc3C#N)CC2)c(OC)c1OC. The first-order chi connectivity index (χ1) is 14.2. The monoisotopic (exact) mass is 392 g/mol. The van der Waals surface area contributed by atoms with Crippen molar-refractivity contribution in [3.05, 3.63) is 47.0 Å². The molecule has 0 atom stereocenters.